The van der Waals surface area contributed by atoms with Crippen LogP contribution < -0.4 is 5.73 Å². The minimum absolute atomic E-state index is 0.0355. The van der Waals surface area contributed by atoms with Gasteiger partial charge in [0.2, 0.25) is 0 Å². The minimum atomic E-state index is 0.0355. The summed E-state index contributed by atoms with van der Waals surface area (Å²) in [5.41, 5.74) is 10.2. The number of hydrogen-bond donors (Lipinski definition) is 1. The second-order valence-corrected chi connectivity index (χ2v) is 6.38. The van der Waals surface area contributed by atoms with Crippen LogP contribution in [0.4, 0.5) is 0 Å². The molecule has 0 aromatic heterocycles. The van der Waals surface area contributed by atoms with Crippen LogP contribution in [-0.4, -0.2) is 6.54 Å². The van der Waals surface area contributed by atoms with Crippen molar-refractivity contribution in [2.75, 3.05) is 6.54 Å². The summed E-state index contributed by atoms with van der Waals surface area (Å²) < 4.78 is 0. The van der Waals surface area contributed by atoms with Crippen molar-refractivity contribution in [3.8, 4) is 0 Å². The Kier molecular flexibility index (Phi) is 3.76. The van der Waals surface area contributed by atoms with Gasteiger partial charge in [-0.2, -0.15) is 0 Å². The fraction of sp³-hybridized carbons (Fsp3) is 0.294. The molecule has 20 heavy (non-hydrogen) atoms. The Labute approximate surface area is 129 Å². The molecule has 1 aliphatic rings. The van der Waals surface area contributed by atoms with Gasteiger partial charge < -0.3 is 5.73 Å². The van der Waals surface area contributed by atoms with Gasteiger partial charge in [0.25, 0.3) is 0 Å². The van der Waals surface area contributed by atoms with Crippen molar-refractivity contribution in [1.29, 1.82) is 0 Å². The van der Waals surface area contributed by atoms with Crippen LogP contribution >= 0.6 is 23.2 Å². The maximum absolute atomic E-state index is 6.14. The normalized spacial score (nSPS) is 20.9. The van der Waals surface area contributed by atoms with E-state index in [4.69, 9.17) is 28.9 Å². The van der Waals surface area contributed by atoms with Gasteiger partial charge in [0.1, 0.15) is 0 Å². The Hall–Kier alpha value is -1.02. The molecule has 0 aliphatic heterocycles. The first-order valence-electron chi connectivity index (χ1n) is 6.87. The molecule has 2 N–H and O–H groups in total. The van der Waals surface area contributed by atoms with E-state index < -0.39 is 0 Å². The van der Waals surface area contributed by atoms with E-state index in [1.54, 1.807) is 0 Å². The lowest BCUT2D eigenvalue weighted by Crippen LogP contribution is -2.35. The maximum atomic E-state index is 6.14. The Morgan fingerprint density at radius 3 is 2.60 bits per heavy atom. The van der Waals surface area contributed by atoms with Crippen molar-refractivity contribution < 1.29 is 0 Å². The van der Waals surface area contributed by atoms with Gasteiger partial charge in [-0.3, -0.25) is 0 Å². The number of fused-ring (bicyclic) bond motifs is 1. The zero-order valence-corrected chi connectivity index (χ0v) is 12.7. The molecule has 0 radical (unpaired) electrons. The van der Waals surface area contributed by atoms with E-state index in [-0.39, 0.29) is 5.41 Å². The molecule has 3 rings (SSSR count). The molecule has 1 nitrogen and oxygen atoms in total. The van der Waals surface area contributed by atoms with E-state index in [2.05, 4.69) is 24.3 Å². The zero-order valence-electron chi connectivity index (χ0n) is 11.2. The third-order valence-electron chi connectivity index (χ3n) is 4.38. The van der Waals surface area contributed by atoms with Crippen molar-refractivity contribution in [2.45, 2.75) is 24.7 Å². The Morgan fingerprint density at radius 2 is 1.85 bits per heavy atom. The van der Waals surface area contributed by atoms with Crippen molar-refractivity contribution in [1.82, 2.24) is 0 Å². The van der Waals surface area contributed by atoms with Gasteiger partial charge in [0.15, 0.2) is 0 Å². The van der Waals surface area contributed by atoms with Gasteiger partial charge in [-0.05, 0) is 48.1 Å². The zero-order chi connectivity index (χ0) is 14.2. The molecule has 104 valence electrons. The number of benzene rings is 2. The van der Waals surface area contributed by atoms with Crippen molar-refractivity contribution in [3.05, 3.63) is 69.2 Å². The van der Waals surface area contributed by atoms with E-state index in [1.807, 2.05) is 18.2 Å². The van der Waals surface area contributed by atoms with Crippen LogP contribution in [0, 0.1) is 0 Å². The van der Waals surface area contributed by atoms with Gasteiger partial charge in [0.05, 0.1) is 10.0 Å². The van der Waals surface area contributed by atoms with Gasteiger partial charge in [0, 0.05) is 12.0 Å². The third-order valence-corrected chi connectivity index (χ3v) is 5.12. The van der Waals surface area contributed by atoms with Crippen LogP contribution in [0.2, 0.25) is 10.0 Å². The molecule has 0 bridgehead atoms. The highest BCUT2D eigenvalue weighted by Gasteiger charge is 2.37. The molecule has 0 heterocycles. The van der Waals surface area contributed by atoms with Crippen LogP contribution in [0.1, 0.15) is 23.1 Å². The first kappa shape index (κ1) is 13.9. The summed E-state index contributed by atoms with van der Waals surface area (Å²) in [5.74, 6) is 0. The molecule has 2 aromatic rings. The molecule has 1 atom stereocenters. The molecule has 1 aliphatic carbocycles. The van der Waals surface area contributed by atoms with Gasteiger partial charge in [-0.15, -0.1) is 0 Å². The Morgan fingerprint density at radius 1 is 1.05 bits per heavy atom. The van der Waals surface area contributed by atoms with E-state index in [9.17, 15) is 0 Å². The largest absolute Gasteiger partial charge is 0.330 e. The standard InChI is InChI=1S/C17H17Cl2N/c18-15-6-5-12(9-16(15)19)10-17(11-20)8-7-13-3-1-2-4-14(13)17/h1-6,9H,7-8,10-11,20H2. The van der Waals surface area contributed by atoms with Crippen LogP contribution in [0.3, 0.4) is 0 Å². The third kappa shape index (κ3) is 2.35. The van der Waals surface area contributed by atoms with E-state index >= 15 is 0 Å². The summed E-state index contributed by atoms with van der Waals surface area (Å²) in [4.78, 5) is 0. The van der Waals surface area contributed by atoms with Crippen LogP contribution in [0.15, 0.2) is 42.5 Å². The van der Waals surface area contributed by atoms with Gasteiger partial charge >= 0.3 is 0 Å². The molecule has 0 amide bonds. The maximum Gasteiger partial charge on any atom is 0.0595 e. The van der Waals surface area contributed by atoms with E-state index in [1.165, 1.54) is 16.7 Å². The van der Waals surface area contributed by atoms with Gasteiger partial charge in [-0.25, -0.2) is 0 Å². The SMILES string of the molecule is NCC1(Cc2ccc(Cl)c(Cl)c2)CCc2ccccc21. The summed E-state index contributed by atoms with van der Waals surface area (Å²) in [5, 5.41) is 1.21. The fourth-order valence-corrected chi connectivity index (χ4v) is 3.59. The van der Waals surface area contributed by atoms with Crippen molar-refractivity contribution in [2.24, 2.45) is 5.73 Å². The molecular formula is C17H17Cl2N. The number of halogens is 2. The lowest BCUT2D eigenvalue weighted by atomic mass is 9.76. The van der Waals surface area contributed by atoms with Crippen molar-refractivity contribution in [3.63, 3.8) is 0 Å². The molecule has 0 spiro atoms. The topological polar surface area (TPSA) is 26.0 Å². The molecular weight excluding hydrogens is 289 g/mol. The summed E-state index contributed by atoms with van der Waals surface area (Å²) in [6.07, 6.45) is 3.12. The summed E-state index contributed by atoms with van der Waals surface area (Å²) in [7, 11) is 0. The van der Waals surface area contributed by atoms with Crippen molar-refractivity contribution >= 4 is 23.2 Å². The average Bonchev–Trinajstić information content (AvgIpc) is 2.83. The molecule has 3 heteroatoms. The predicted molar refractivity (Wildman–Crippen MR) is 85.7 cm³/mol. The number of nitrogens with two attached hydrogens (primary N) is 1. The molecule has 0 saturated carbocycles. The first-order chi connectivity index (χ1) is 9.64. The lowest BCUT2D eigenvalue weighted by molar-refractivity contribution is 0.432. The highest BCUT2D eigenvalue weighted by Crippen LogP contribution is 2.41. The van der Waals surface area contributed by atoms with E-state index in [0.29, 0.717) is 16.6 Å². The number of aryl methyl sites for hydroxylation is 1. The van der Waals surface area contributed by atoms with Crippen LogP contribution in [0.25, 0.3) is 0 Å². The molecule has 0 saturated heterocycles. The number of rotatable bonds is 3. The first-order valence-corrected chi connectivity index (χ1v) is 7.63. The Balaban J connectivity index is 1.97. The highest BCUT2D eigenvalue weighted by atomic mass is 35.5. The number of hydrogen-bond acceptors (Lipinski definition) is 1. The highest BCUT2D eigenvalue weighted by molar-refractivity contribution is 6.42. The fourth-order valence-electron chi connectivity index (χ4n) is 3.27. The second kappa shape index (κ2) is 5.40. The summed E-state index contributed by atoms with van der Waals surface area (Å²) in [6, 6.07) is 14.5. The molecule has 2 aromatic carbocycles. The molecule has 0 fully saturated rings. The monoisotopic (exact) mass is 305 g/mol. The lowest BCUT2D eigenvalue weighted by Gasteiger charge is -2.29. The minimum Gasteiger partial charge on any atom is -0.330 e. The average molecular weight is 306 g/mol. The summed E-state index contributed by atoms with van der Waals surface area (Å²) >= 11 is 12.1. The van der Waals surface area contributed by atoms with E-state index in [0.717, 1.165) is 19.3 Å². The van der Waals surface area contributed by atoms with Crippen LogP contribution in [-0.2, 0) is 18.3 Å². The second-order valence-electron chi connectivity index (χ2n) is 5.57. The quantitative estimate of drug-likeness (QED) is 0.895. The van der Waals surface area contributed by atoms with Crippen LogP contribution in [0.5, 0.6) is 0 Å². The summed E-state index contributed by atoms with van der Waals surface area (Å²) in [6.45, 7) is 0.657. The van der Waals surface area contributed by atoms with Gasteiger partial charge in [-0.1, -0.05) is 53.5 Å². The predicted octanol–water partition coefficient (Wildman–Crippen LogP) is 4.38. The smallest absolute Gasteiger partial charge is 0.0595 e. The molecule has 1 unspecified atom stereocenters. The Bertz CT molecular complexity index is 639.